The normalized spacial score (nSPS) is 17.5. The Kier molecular flexibility index (Phi) is 4.54. The molecule has 4 rings (SSSR count). The summed E-state index contributed by atoms with van der Waals surface area (Å²) in [6.07, 6.45) is 8.30. The zero-order chi connectivity index (χ0) is 18.8. The number of rotatable bonds is 4. The Labute approximate surface area is 156 Å². The molecule has 1 unspecified atom stereocenters. The molecule has 0 amide bonds. The van der Waals surface area contributed by atoms with Crippen LogP contribution in [0.1, 0.15) is 30.2 Å². The van der Waals surface area contributed by atoms with Crippen LogP contribution in [0.4, 0.5) is 0 Å². The molecule has 3 aromatic rings. The third-order valence-electron chi connectivity index (χ3n) is 5.06. The summed E-state index contributed by atoms with van der Waals surface area (Å²) in [5.74, 6) is 3.65. The summed E-state index contributed by atoms with van der Waals surface area (Å²) in [5.41, 5.74) is 3.16. The highest BCUT2D eigenvalue weighted by Gasteiger charge is 2.28. The first-order valence-electron chi connectivity index (χ1n) is 8.82. The van der Waals surface area contributed by atoms with Crippen LogP contribution in [0, 0.1) is 11.2 Å². The number of hydrogen-bond donors (Lipinski definition) is 1. The molecule has 1 aliphatic heterocycles. The highest BCUT2D eigenvalue weighted by atomic mass is 16.5. The molecule has 0 spiro atoms. The Morgan fingerprint density at radius 1 is 1.52 bits per heavy atom. The van der Waals surface area contributed by atoms with E-state index in [9.17, 15) is 5.26 Å². The second kappa shape index (κ2) is 7.15. The van der Waals surface area contributed by atoms with Crippen molar-refractivity contribution >= 4 is 18.6 Å². The lowest BCUT2D eigenvalue weighted by atomic mass is 9.41. The highest BCUT2D eigenvalue weighted by Crippen LogP contribution is 2.35. The lowest BCUT2D eigenvalue weighted by Crippen LogP contribution is -2.21. The average molecular weight is 363 g/mol. The van der Waals surface area contributed by atoms with E-state index in [1.807, 2.05) is 6.07 Å². The summed E-state index contributed by atoms with van der Waals surface area (Å²) >= 11 is 0. The van der Waals surface area contributed by atoms with E-state index in [4.69, 9.17) is 19.3 Å². The molecule has 0 aromatic carbocycles. The van der Waals surface area contributed by atoms with Gasteiger partial charge in [-0.2, -0.15) is 9.61 Å². The number of fused-ring (bicyclic) bond motifs is 1. The molecule has 1 N–H and O–H groups in total. The number of hydrogen-bond acceptors (Lipinski definition) is 7. The first-order chi connectivity index (χ1) is 13.2. The Bertz CT molecular complexity index is 1040. The Hall–Kier alpha value is -3.28. The van der Waals surface area contributed by atoms with E-state index in [0.29, 0.717) is 17.3 Å². The van der Waals surface area contributed by atoms with Crippen LogP contribution < -0.4 is 4.74 Å². The molecule has 0 saturated carbocycles. The molecule has 1 fully saturated rings. The Morgan fingerprint density at radius 3 is 3.19 bits per heavy atom. The van der Waals surface area contributed by atoms with Crippen molar-refractivity contribution in [3.63, 3.8) is 0 Å². The monoisotopic (exact) mass is 363 g/mol. The number of aromatic nitrogens is 3. The summed E-state index contributed by atoms with van der Waals surface area (Å²) in [7, 11) is 1.60. The van der Waals surface area contributed by atoms with Crippen LogP contribution in [-0.4, -0.2) is 39.8 Å². The van der Waals surface area contributed by atoms with Gasteiger partial charge in [0.15, 0.2) is 5.65 Å². The molecule has 3 aromatic heterocycles. The van der Waals surface area contributed by atoms with Gasteiger partial charge in [-0.3, -0.25) is 0 Å². The minimum absolute atomic E-state index is 0.0753. The van der Waals surface area contributed by atoms with Crippen molar-refractivity contribution in [2.45, 2.75) is 31.4 Å². The van der Waals surface area contributed by atoms with Crippen molar-refractivity contribution in [1.29, 1.82) is 5.26 Å². The summed E-state index contributed by atoms with van der Waals surface area (Å²) in [4.78, 5) is 4.85. The third-order valence-corrected chi connectivity index (χ3v) is 5.06. The molecular weight excluding hydrogens is 345 g/mol. The number of ether oxygens (including phenoxy) is 1. The minimum Gasteiger partial charge on any atom is -0.481 e. The second-order valence-corrected chi connectivity index (χ2v) is 6.69. The number of nitrogens with zero attached hydrogens (tertiary/aromatic N) is 5. The molecule has 27 heavy (non-hydrogen) atoms. The van der Waals surface area contributed by atoms with Crippen molar-refractivity contribution in [2.75, 3.05) is 7.11 Å². The quantitative estimate of drug-likeness (QED) is 0.330. The summed E-state index contributed by atoms with van der Waals surface area (Å²) < 4.78 is 12.5. The molecule has 1 saturated heterocycles. The highest BCUT2D eigenvalue weighted by molar-refractivity contribution is 6.67. The summed E-state index contributed by atoms with van der Waals surface area (Å²) in [5, 5.41) is 25.3. The Morgan fingerprint density at radius 2 is 2.41 bits per heavy atom. The van der Waals surface area contributed by atoms with Crippen LogP contribution in [0.5, 0.6) is 5.88 Å². The lowest BCUT2D eigenvalue weighted by Gasteiger charge is -2.23. The zero-order valence-electron chi connectivity index (χ0n) is 14.9. The topological polar surface area (TPSA) is 109 Å². The number of methoxy groups -OCH3 is 1. The number of nitriles is 1. The maximum absolute atomic E-state index is 9.29. The van der Waals surface area contributed by atoms with Gasteiger partial charge in [0.1, 0.15) is 12.0 Å². The van der Waals surface area contributed by atoms with Crippen molar-refractivity contribution in [2.24, 2.45) is 5.16 Å². The van der Waals surface area contributed by atoms with Crippen LogP contribution in [0.3, 0.4) is 0 Å². The van der Waals surface area contributed by atoms with Gasteiger partial charge < -0.3 is 14.4 Å². The average Bonchev–Trinajstić information content (AvgIpc) is 3.34. The molecule has 8 nitrogen and oxygen atoms in total. The van der Waals surface area contributed by atoms with Crippen molar-refractivity contribution in [3.8, 4) is 23.0 Å². The first kappa shape index (κ1) is 17.2. The molecule has 4 heterocycles. The van der Waals surface area contributed by atoms with Crippen molar-refractivity contribution < 1.29 is 14.4 Å². The van der Waals surface area contributed by atoms with E-state index in [2.05, 4.69) is 16.2 Å². The van der Waals surface area contributed by atoms with Gasteiger partial charge in [-0.05, 0) is 18.4 Å². The smallest absolute Gasteiger partial charge is 0.268 e. The second-order valence-electron chi connectivity index (χ2n) is 6.69. The van der Waals surface area contributed by atoms with Gasteiger partial charge in [0.05, 0.1) is 25.3 Å². The van der Waals surface area contributed by atoms with Gasteiger partial charge in [0.2, 0.25) is 5.88 Å². The van der Waals surface area contributed by atoms with E-state index in [1.54, 1.807) is 30.2 Å². The number of oxime groups is 1. The third kappa shape index (κ3) is 3.14. The number of furan rings is 1. The van der Waals surface area contributed by atoms with Gasteiger partial charge in [0.25, 0.3) is 6.71 Å². The van der Waals surface area contributed by atoms with Crippen LogP contribution in [0.25, 0.3) is 16.8 Å². The van der Waals surface area contributed by atoms with Crippen molar-refractivity contribution in [1.82, 2.24) is 14.6 Å². The minimum atomic E-state index is 0.0753. The van der Waals surface area contributed by atoms with Gasteiger partial charge in [-0.1, -0.05) is 24.2 Å². The van der Waals surface area contributed by atoms with Crippen LogP contribution in [0.2, 0.25) is 12.6 Å². The summed E-state index contributed by atoms with van der Waals surface area (Å²) in [6.45, 7) is 0.0753. The molecule has 0 bridgehead atoms. The van der Waals surface area contributed by atoms with Crippen LogP contribution >= 0.6 is 0 Å². The van der Waals surface area contributed by atoms with E-state index in [1.165, 1.54) is 6.21 Å². The Balaban J connectivity index is 1.79. The van der Waals surface area contributed by atoms with E-state index in [-0.39, 0.29) is 12.6 Å². The van der Waals surface area contributed by atoms with E-state index >= 15 is 0 Å². The predicted octanol–water partition coefficient (Wildman–Crippen LogP) is 3.24. The SMILES string of the molecule is COc1cc(C2CCCB(C#N)C2)nc2c(-c3coc(/C=N\O)c3)cnn12. The molecule has 1 aliphatic rings. The fraction of sp³-hybridized carbons (Fsp3) is 0.333. The van der Waals surface area contributed by atoms with Crippen molar-refractivity contribution in [3.05, 3.63) is 36.0 Å². The maximum Gasteiger partial charge on any atom is 0.268 e. The lowest BCUT2D eigenvalue weighted by molar-refractivity contribution is 0.320. The van der Waals surface area contributed by atoms with Crippen LogP contribution in [0.15, 0.2) is 34.2 Å². The standard InChI is InChI=1S/C18H18BN5O3/c1-26-17-6-16(12-3-2-4-19(7-12)11-20)23-18-15(9-21-24(17)18)13-5-14(8-22-25)27-10-13/h5-6,8-10,12,25H,2-4,7H2,1H3/b22-8-. The van der Waals surface area contributed by atoms with E-state index in [0.717, 1.165) is 42.3 Å². The molecule has 1 atom stereocenters. The van der Waals surface area contributed by atoms with Gasteiger partial charge in [-0.15, -0.1) is 0 Å². The summed E-state index contributed by atoms with van der Waals surface area (Å²) in [6, 6.07) is 3.66. The molecule has 9 heteroatoms. The van der Waals surface area contributed by atoms with E-state index < -0.39 is 0 Å². The van der Waals surface area contributed by atoms with Gasteiger partial charge in [0, 0.05) is 23.2 Å². The largest absolute Gasteiger partial charge is 0.481 e. The maximum atomic E-state index is 9.29. The predicted molar refractivity (Wildman–Crippen MR) is 99.6 cm³/mol. The molecule has 0 aliphatic carbocycles. The molecule has 0 radical (unpaired) electrons. The zero-order valence-corrected chi connectivity index (χ0v) is 14.9. The molecule has 136 valence electrons. The fourth-order valence-corrected chi connectivity index (χ4v) is 3.71. The van der Waals surface area contributed by atoms with Gasteiger partial charge in [-0.25, -0.2) is 10.2 Å². The molecular formula is C18H18BN5O3. The fourth-order valence-electron chi connectivity index (χ4n) is 3.71. The van der Waals surface area contributed by atoms with Crippen LogP contribution in [-0.2, 0) is 0 Å². The van der Waals surface area contributed by atoms with Gasteiger partial charge >= 0.3 is 0 Å². The first-order valence-corrected chi connectivity index (χ1v) is 8.82.